The summed E-state index contributed by atoms with van der Waals surface area (Å²) in [6.45, 7) is 5.70. The van der Waals surface area contributed by atoms with Gasteiger partial charge in [-0.3, -0.25) is 4.79 Å². The largest absolute Gasteiger partial charge is 0.481 e. The van der Waals surface area contributed by atoms with Crippen LogP contribution in [0.25, 0.3) is 0 Å². The maximum Gasteiger partial charge on any atom is 0.261 e. The summed E-state index contributed by atoms with van der Waals surface area (Å²) in [7, 11) is 0. The van der Waals surface area contributed by atoms with Gasteiger partial charge in [-0.05, 0) is 50.1 Å². The molecular weight excluding hydrogens is 342 g/mol. The number of hydrogen-bond acceptors (Lipinski definition) is 2. The Labute approximate surface area is 139 Å². The van der Waals surface area contributed by atoms with Gasteiger partial charge in [0.25, 0.3) is 5.91 Å². The summed E-state index contributed by atoms with van der Waals surface area (Å²) >= 11 is 3.50. The Hall–Kier alpha value is -1.81. The highest BCUT2D eigenvalue weighted by Crippen LogP contribution is 2.23. The normalized spacial score (nSPS) is 13.3. The Morgan fingerprint density at radius 2 is 1.86 bits per heavy atom. The molecule has 22 heavy (non-hydrogen) atoms. The number of aryl methyl sites for hydroxylation is 1. The van der Waals surface area contributed by atoms with E-state index in [2.05, 4.69) is 21.2 Å². The van der Waals surface area contributed by atoms with Crippen molar-refractivity contribution in [3.8, 4) is 5.75 Å². The monoisotopic (exact) mass is 361 g/mol. The first-order valence-corrected chi connectivity index (χ1v) is 8.05. The number of ether oxygens (including phenoxy) is 1. The molecule has 1 amide bonds. The van der Waals surface area contributed by atoms with Crippen LogP contribution in [0.3, 0.4) is 0 Å². The molecule has 0 radical (unpaired) electrons. The molecule has 0 aliphatic heterocycles. The molecule has 4 heteroatoms. The van der Waals surface area contributed by atoms with Crippen LogP contribution in [0.4, 0.5) is 0 Å². The molecule has 0 aliphatic rings. The fraction of sp³-hybridized carbons (Fsp3) is 0.278. The van der Waals surface area contributed by atoms with Gasteiger partial charge < -0.3 is 10.1 Å². The second-order valence-electron chi connectivity index (χ2n) is 5.33. The average Bonchev–Trinajstić information content (AvgIpc) is 2.47. The Bertz CT molecular complexity index is 657. The molecule has 116 valence electrons. The zero-order chi connectivity index (χ0) is 16.1. The highest BCUT2D eigenvalue weighted by atomic mass is 79.9. The molecule has 2 aromatic carbocycles. The predicted molar refractivity (Wildman–Crippen MR) is 92.0 cm³/mol. The highest BCUT2D eigenvalue weighted by Gasteiger charge is 2.18. The maximum absolute atomic E-state index is 12.3. The van der Waals surface area contributed by atoms with Crippen molar-refractivity contribution in [1.29, 1.82) is 0 Å². The zero-order valence-electron chi connectivity index (χ0n) is 13.0. The van der Waals surface area contributed by atoms with Gasteiger partial charge in [0.2, 0.25) is 0 Å². The van der Waals surface area contributed by atoms with Gasteiger partial charge >= 0.3 is 0 Å². The third kappa shape index (κ3) is 4.34. The summed E-state index contributed by atoms with van der Waals surface area (Å²) in [6, 6.07) is 15.4. The number of nitrogens with one attached hydrogen (secondary N) is 1. The SMILES string of the molecule is Cc1cccc(OC(C)C(=O)NC(C)c2ccccc2Br)c1. The standard InChI is InChI=1S/C18H20BrNO2/c1-12-7-6-8-15(11-12)22-14(3)18(21)20-13(2)16-9-4-5-10-17(16)19/h4-11,13-14H,1-3H3,(H,20,21). The zero-order valence-corrected chi connectivity index (χ0v) is 14.6. The third-order valence-corrected chi connectivity index (χ3v) is 4.12. The van der Waals surface area contributed by atoms with Crippen LogP contribution in [-0.2, 0) is 4.79 Å². The first kappa shape index (κ1) is 16.6. The number of halogens is 1. The molecule has 0 saturated heterocycles. The van der Waals surface area contributed by atoms with Crippen molar-refractivity contribution in [3.05, 3.63) is 64.1 Å². The van der Waals surface area contributed by atoms with Crippen molar-refractivity contribution in [2.75, 3.05) is 0 Å². The van der Waals surface area contributed by atoms with E-state index in [0.29, 0.717) is 5.75 Å². The van der Waals surface area contributed by atoms with Crippen LogP contribution in [0.2, 0.25) is 0 Å². The summed E-state index contributed by atoms with van der Waals surface area (Å²) < 4.78 is 6.68. The van der Waals surface area contributed by atoms with Gasteiger partial charge in [0.1, 0.15) is 5.75 Å². The molecule has 0 aromatic heterocycles. The lowest BCUT2D eigenvalue weighted by atomic mass is 10.1. The molecule has 0 aliphatic carbocycles. The molecule has 2 aromatic rings. The maximum atomic E-state index is 12.3. The lowest BCUT2D eigenvalue weighted by Gasteiger charge is -2.20. The van der Waals surface area contributed by atoms with Crippen molar-refractivity contribution in [3.63, 3.8) is 0 Å². The average molecular weight is 362 g/mol. The highest BCUT2D eigenvalue weighted by molar-refractivity contribution is 9.10. The minimum Gasteiger partial charge on any atom is -0.481 e. The number of rotatable bonds is 5. The molecule has 3 nitrogen and oxygen atoms in total. The molecule has 0 saturated carbocycles. The van der Waals surface area contributed by atoms with E-state index in [-0.39, 0.29) is 11.9 Å². The van der Waals surface area contributed by atoms with Crippen molar-refractivity contribution in [2.24, 2.45) is 0 Å². The molecule has 0 fully saturated rings. The molecule has 2 rings (SSSR count). The number of hydrogen-bond donors (Lipinski definition) is 1. The first-order valence-electron chi connectivity index (χ1n) is 7.25. The van der Waals surface area contributed by atoms with Crippen LogP contribution in [0.5, 0.6) is 5.75 Å². The van der Waals surface area contributed by atoms with E-state index in [1.165, 1.54) is 0 Å². The number of carbonyl (C=O) groups excluding carboxylic acids is 1. The topological polar surface area (TPSA) is 38.3 Å². The van der Waals surface area contributed by atoms with Gasteiger partial charge in [0, 0.05) is 4.47 Å². The summed E-state index contributed by atoms with van der Waals surface area (Å²) in [4.78, 5) is 12.3. The molecule has 0 spiro atoms. The number of amides is 1. The Balaban J connectivity index is 1.98. The first-order chi connectivity index (χ1) is 10.5. The summed E-state index contributed by atoms with van der Waals surface area (Å²) in [5.74, 6) is 0.570. The van der Waals surface area contributed by atoms with E-state index in [9.17, 15) is 4.79 Å². The van der Waals surface area contributed by atoms with E-state index in [4.69, 9.17) is 4.74 Å². The van der Waals surface area contributed by atoms with E-state index < -0.39 is 6.10 Å². The van der Waals surface area contributed by atoms with E-state index in [0.717, 1.165) is 15.6 Å². The third-order valence-electron chi connectivity index (χ3n) is 3.40. The van der Waals surface area contributed by atoms with Crippen molar-refractivity contribution in [1.82, 2.24) is 5.32 Å². The van der Waals surface area contributed by atoms with E-state index in [1.54, 1.807) is 6.92 Å². The lowest BCUT2D eigenvalue weighted by Crippen LogP contribution is -2.37. The molecule has 2 atom stereocenters. The Morgan fingerprint density at radius 3 is 2.55 bits per heavy atom. The van der Waals surface area contributed by atoms with Gasteiger partial charge in [0.15, 0.2) is 6.10 Å². The summed E-state index contributed by atoms with van der Waals surface area (Å²) in [5.41, 5.74) is 2.14. The second-order valence-corrected chi connectivity index (χ2v) is 6.18. The van der Waals surface area contributed by atoms with Crippen LogP contribution in [0.15, 0.2) is 53.0 Å². The number of carbonyl (C=O) groups is 1. The van der Waals surface area contributed by atoms with Crippen molar-refractivity contribution < 1.29 is 9.53 Å². The lowest BCUT2D eigenvalue weighted by molar-refractivity contribution is -0.127. The van der Waals surface area contributed by atoms with Crippen molar-refractivity contribution in [2.45, 2.75) is 32.9 Å². The minimum atomic E-state index is -0.549. The van der Waals surface area contributed by atoms with Gasteiger partial charge in [-0.2, -0.15) is 0 Å². The smallest absolute Gasteiger partial charge is 0.261 e. The molecule has 1 N–H and O–H groups in total. The quantitative estimate of drug-likeness (QED) is 0.856. The van der Waals surface area contributed by atoms with Gasteiger partial charge in [0.05, 0.1) is 6.04 Å². The van der Waals surface area contributed by atoms with Crippen LogP contribution in [0.1, 0.15) is 31.0 Å². The van der Waals surface area contributed by atoms with Crippen LogP contribution >= 0.6 is 15.9 Å². The van der Waals surface area contributed by atoms with Crippen molar-refractivity contribution >= 4 is 21.8 Å². The van der Waals surface area contributed by atoms with Gasteiger partial charge in [-0.25, -0.2) is 0 Å². The Kier molecular flexibility index (Phi) is 5.61. The summed E-state index contributed by atoms with van der Waals surface area (Å²) in [5, 5.41) is 2.98. The van der Waals surface area contributed by atoms with Gasteiger partial charge in [-0.1, -0.05) is 46.3 Å². The molecule has 2 unspecified atom stereocenters. The predicted octanol–water partition coefficient (Wildman–Crippen LogP) is 4.40. The van der Waals surface area contributed by atoms with Gasteiger partial charge in [-0.15, -0.1) is 0 Å². The fourth-order valence-corrected chi connectivity index (χ4v) is 2.81. The Morgan fingerprint density at radius 1 is 1.14 bits per heavy atom. The van der Waals surface area contributed by atoms with Crippen LogP contribution in [0, 0.1) is 6.92 Å². The molecular formula is C18H20BrNO2. The molecule has 0 bridgehead atoms. The molecule has 0 heterocycles. The minimum absolute atomic E-state index is 0.0911. The van der Waals surface area contributed by atoms with E-state index >= 15 is 0 Å². The fourth-order valence-electron chi connectivity index (χ4n) is 2.18. The van der Waals surface area contributed by atoms with Crippen LogP contribution in [-0.4, -0.2) is 12.0 Å². The summed E-state index contributed by atoms with van der Waals surface area (Å²) in [6.07, 6.45) is -0.549. The van der Waals surface area contributed by atoms with E-state index in [1.807, 2.05) is 62.4 Å². The number of benzene rings is 2. The van der Waals surface area contributed by atoms with Crippen LogP contribution < -0.4 is 10.1 Å². The second kappa shape index (κ2) is 7.45.